The second kappa shape index (κ2) is 8.54. The molecule has 0 atom stereocenters. The second-order valence-corrected chi connectivity index (χ2v) is 7.11. The van der Waals surface area contributed by atoms with E-state index in [4.69, 9.17) is 0 Å². The molecule has 3 aromatic carbocycles. The molecule has 136 valence electrons. The van der Waals surface area contributed by atoms with Crippen LogP contribution in [-0.4, -0.2) is 0 Å². The van der Waals surface area contributed by atoms with Gasteiger partial charge in [0.1, 0.15) is 0 Å². The highest BCUT2D eigenvalue weighted by Crippen LogP contribution is 2.44. The van der Waals surface area contributed by atoms with Gasteiger partial charge in [-0.1, -0.05) is 134 Å². The monoisotopic (exact) mass is 360 g/mol. The van der Waals surface area contributed by atoms with Gasteiger partial charge in [0.05, 0.1) is 0 Å². The third-order valence-corrected chi connectivity index (χ3v) is 5.19. The zero-order valence-electron chi connectivity index (χ0n) is 15.9. The van der Waals surface area contributed by atoms with Crippen molar-refractivity contribution in [2.24, 2.45) is 5.41 Å². The molecule has 1 aliphatic rings. The highest BCUT2D eigenvalue weighted by molar-refractivity contribution is 5.79. The molecule has 0 aromatic heterocycles. The molecule has 4 rings (SSSR count). The van der Waals surface area contributed by atoms with Crippen LogP contribution in [-0.2, 0) is 0 Å². The van der Waals surface area contributed by atoms with Gasteiger partial charge >= 0.3 is 0 Å². The van der Waals surface area contributed by atoms with Crippen molar-refractivity contribution in [3.8, 4) is 0 Å². The van der Waals surface area contributed by atoms with Crippen LogP contribution in [0.5, 0.6) is 0 Å². The molecular weight excluding hydrogens is 336 g/mol. The van der Waals surface area contributed by atoms with Gasteiger partial charge in [-0.2, -0.15) is 0 Å². The lowest BCUT2D eigenvalue weighted by molar-refractivity contribution is 0.664. The molecule has 0 amide bonds. The standard InChI is InChI=1S/C28H24/c1-4-12-24(13-5-1)19-22-28(23-20-25-14-6-2-7-15-25)21-11-10-18-27(28)26-16-8-3-9-17-26/h1-20,22-23H,21H2. The van der Waals surface area contributed by atoms with E-state index < -0.39 is 0 Å². The molecule has 0 radical (unpaired) electrons. The summed E-state index contributed by atoms with van der Waals surface area (Å²) >= 11 is 0. The van der Waals surface area contributed by atoms with Gasteiger partial charge in [-0.3, -0.25) is 0 Å². The summed E-state index contributed by atoms with van der Waals surface area (Å²) in [5, 5.41) is 0. The topological polar surface area (TPSA) is 0 Å². The van der Waals surface area contributed by atoms with Gasteiger partial charge in [0.25, 0.3) is 0 Å². The lowest BCUT2D eigenvalue weighted by Gasteiger charge is -2.32. The molecule has 0 fully saturated rings. The molecule has 0 N–H and O–H groups in total. The molecule has 0 unspecified atom stereocenters. The molecule has 0 spiro atoms. The van der Waals surface area contributed by atoms with Crippen LogP contribution in [0.1, 0.15) is 23.1 Å². The Hall–Kier alpha value is -3.38. The average Bonchev–Trinajstić information content (AvgIpc) is 2.79. The van der Waals surface area contributed by atoms with Crippen molar-refractivity contribution in [1.29, 1.82) is 0 Å². The fourth-order valence-electron chi connectivity index (χ4n) is 3.66. The number of hydrogen-bond acceptors (Lipinski definition) is 0. The van der Waals surface area contributed by atoms with E-state index in [9.17, 15) is 0 Å². The van der Waals surface area contributed by atoms with Crippen molar-refractivity contribution < 1.29 is 0 Å². The van der Waals surface area contributed by atoms with E-state index in [0.29, 0.717) is 0 Å². The number of allylic oxidation sites excluding steroid dienone is 6. The Balaban J connectivity index is 1.78. The molecular formula is C28H24. The third kappa shape index (κ3) is 4.13. The van der Waals surface area contributed by atoms with Gasteiger partial charge in [0.2, 0.25) is 0 Å². The van der Waals surface area contributed by atoms with Crippen LogP contribution in [0.4, 0.5) is 0 Å². The van der Waals surface area contributed by atoms with E-state index in [-0.39, 0.29) is 5.41 Å². The lowest BCUT2D eigenvalue weighted by Crippen LogP contribution is -2.18. The van der Waals surface area contributed by atoms with E-state index in [2.05, 4.69) is 134 Å². The quantitative estimate of drug-likeness (QED) is 0.443. The molecule has 28 heavy (non-hydrogen) atoms. The Morgan fingerprint density at radius 1 is 0.607 bits per heavy atom. The summed E-state index contributed by atoms with van der Waals surface area (Å²) in [6.07, 6.45) is 16.8. The molecule has 1 aliphatic carbocycles. The van der Waals surface area contributed by atoms with Gasteiger partial charge in [-0.05, 0) is 28.7 Å². The maximum atomic E-state index is 2.35. The smallest absolute Gasteiger partial charge is 0.0359 e. The van der Waals surface area contributed by atoms with Crippen molar-refractivity contribution >= 4 is 17.7 Å². The summed E-state index contributed by atoms with van der Waals surface area (Å²) in [7, 11) is 0. The zero-order chi connectivity index (χ0) is 19.1. The van der Waals surface area contributed by atoms with Crippen LogP contribution in [0.3, 0.4) is 0 Å². The Morgan fingerprint density at radius 2 is 1.11 bits per heavy atom. The van der Waals surface area contributed by atoms with Gasteiger partial charge in [0.15, 0.2) is 0 Å². The van der Waals surface area contributed by atoms with Crippen molar-refractivity contribution in [2.75, 3.05) is 0 Å². The van der Waals surface area contributed by atoms with Crippen LogP contribution in [0.2, 0.25) is 0 Å². The van der Waals surface area contributed by atoms with Crippen LogP contribution >= 0.6 is 0 Å². The fraction of sp³-hybridized carbons (Fsp3) is 0.0714. The molecule has 0 aliphatic heterocycles. The van der Waals surface area contributed by atoms with Crippen LogP contribution in [0.25, 0.3) is 17.7 Å². The van der Waals surface area contributed by atoms with Crippen molar-refractivity contribution in [1.82, 2.24) is 0 Å². The summed E-state index contributed by atoms with van der Waals surface area (Å²) in [4.78, 5) is 0. The summed E-state index contributed by atoms with van der Waals surface area (Å²) in [6, 6.07) is 31.7. The lowest BCUT2D eigenvalue weighted by atomic mass is 9.71. The van der Waals surface area contributed by atoms with Gasteiger partial charge in [0, 0.05) is 5.41 Å². The summed E-state index contributed by atoms with van der Waals surface area (Å²) < 4.78 is 0. The Labute approximate surface area is 167 Å². The first-order valence-electron chi connectivity index (χ1n) is 9.77. The minimum absolute atomic E-state index is 0.179. The van der Waals surface area contributed by atoms with E-state index in [1.807, 2.05) is 0 Å². The highest BCUT2D eigenvalue weighted by Gasteiger charge is 2.30. The minimum atomic E-state index is -0.179. The largest absolute Gasteiger partial charge is 0.0830 e. The molecule has 0 bridgehead atoms. The first-order valence-corrected chi connectivity index (χ1v) is 9.77. The Morgan fingerprint density at radius 3 is 1.64 bits per heavy atom. The molecule has 3 aromatic rings. The maximum absolute atomic E-state index is 2.35. The third-order valence-electron chi connectivity index (χ3n) is 5.19. The number of hydrogen-bond donors (Lipinski definition) is 0. The Kier molecular flexibility index (Phi) is 5.49. The van der Waals surface area contributed by atoms with Crippen LogP contribution in [0, 0.1) is 5.41 Å². The molecule has 0 saturated carbocycles. The van der Waals surface area contributed by atoms with Crippen molar-refractivity contribution in [3.63, 3.8) is 0 Å². The van der Waals surface area contributed by atoms with Crippen LogP contribution < -0.4 is 0 Å². The molecule has 0 heteroatoms. The summed E-state index contributed by atoms with van der Waals surface area (Å²) in [5.41, 5.74) is 4.85. The van der Waals surface area contributed by atoms with E-state index in [1.54, 1.807) is 0 Å². The number of benzene rings is 3. The van der Waals surface area contributed by atoms with E-state index >= 15 is 0 Å². The average molecular weight is 361 g/mol. The van der Waals surface area contributed by atoms with E-state index in [0.717, 1.165) is 6.42 Å². The Bertz CT molecular complexity index is 954. The second-order valence-electron chi connectivity index (χ2n) is 7.11. The first kappa shape index (κ1) is 18.0. The predicted molar refractivity (Wildman–Crippen MR) is 122 cm³/mol. The molecule has 0 saturated heterocycles. The first-order chi connectivity index (χ1) is 13.9. The van der Waals surface area contributed by atoms with Gasteiger partial charge in [-0.15, -0.1) is 0 Å². The summed E-state index contributed by atoms with van der Waals surface area (Å²) in [6.45, 7) is 0. The maximum Gasteiger partial charge on any atom is 0.0359 e. The fourth-order valence-corrected chi connectivity index (χ4v) is 3.66. The molecule has 0 nitrogen and oxygen atoms in total. The normalized spacial score (nSPS) is 19.2. The highest BCUT2D eigenvalue weighted by atomic mass is 14.3. The minimum Gasteiger partial charge on any atom is -0.0830 e. The SMILES string of the molecule is C1=CCC(C=Cc2ccccc2)(C=Cc2ccccc2)C(c2ccccc2)=C1. The number of rotatable bonds is 5. The van der Waals surface area contributed by atoms with Gasteiger partial charge in [-0.25, -0.2) is 0 Å². The van der Waals surface area contributed by atoms with Crippen LogP contribution in [0.15, 0.2) is 121 Å². The zero-order valence-corrected chi connectivity index (χ0v) is 15.9. The van der Waals surface area contributed by atoms with Crippen molar-refractivity contribution in [3.05, 3.63) is 138 Å². The van der Waals surface area contributed by atoms with E-state index in [1.165, 1.54) is 22.3 Å². The van der Waals surface area contributed by atoms with Crippen molar-refractivity contribution in [2.45, 2.75) is 6.42 Å². The molecule has 0 heterocycles. The summed E-state index contributed by atoms with van der Waals surface area (Å²) in [5.74, 6) is 0. The predicted octanol–water partition coefficient (Wildman–Crippen LogP) is 7.44. The van der Waals surface area contributed by atoms with Gasteiger partial charge < -0.3 is 0 Å².